The zero-order valence-electron chi connectivity index (χ0n) is 15.0. The van der Waals surface area contributed by atoms with Crippen molar-refractivity contribution >= 4 is 17.8 Å². The average molecular weight is 370 g/mol. The molecule has 140 valence electrons. The number of carbonyl (C=O) groups is 2. The van der Waals surface area contributed by atoms with Crippen LogP contribution >= 0.6 is 0 Å². The van der Waals surface area contributed by atoms with Crippen molar-refractivity contribution < 1.29 is 33.6 Å². The number of benzene rings is 2. The molecule has 1 atom stereocenters. The third-order valence-electron chi connectivity index (χ3n) is 4.01. The van der Waals surface area contributed by atoms with E-state index in [4.69, 9.17) is 24.1 Å². The van der Waals surface area contributed by atoms with Crippen molar-refractivity contribution in [2.24, 2.45) is 0 Å². The number of allylic oxidation sites excluding steroid dienone is 1. The van der Waals surface area contributed by atoms with Crippen LogP contribution < -0.4 is 18.9 Å². The fourth-order valence-electron chi connectivity index (χ4n) is 2.59. The van der Waals surface area contributed by atoms with Gasteiger partial charge >= 0.3 is 5.97 Å². The van der Waals surface area contributed by atoms with E-state index in [1.165, 1.54) is 20.1 Å². The van der Waals surface area contributed by atoms with Crippen molar-refractivity contribution in [2.45, 2.75) is 13.0 Å². The van der Waals surface area contributed by atoms with Crippen molar-refractivity contribution in [3.05, 3.63) is 53.3 Å². The number of ether oxygens (including phenoxy) is 4. The van der Waals surface area contributed by atoms with Crippen LogP contribution in [0.25, 0.3) is 6.08 Å². The second-order valence-corrected chi connectivity index (χ2v) is 5.81. The summed E-state index contributed by atoms with van der Waals surface area (Å²) < 4.78 is 21.4. The second kappa shape index (κ2) is 7.41. The molecule has 0 fully saturated rings. The molecule has 0 unspecified atom stereocenters. The van der Waals surface area contributed by atoms with Gasteiger partial charge in [0.15, 0.2) is 23.4 Å². The number of carboxylic acid groups (broad SMARTS) is 1. The summed E-state index contributed by atoms with van der Waals surface area (Å²) >= 11 is 0. The molecule has 1 heterocycles. The van der Waals surface area contributed by atoms with Crippen LogP contribution in [-0.4, -0.2) is 37.2 Å². The first kappa shape index (κ1) is 18.3. The molecule has 0 radical (unpaired) electrons. The van der Waals surface area contributed by atoms with E-state index in [1.54, 1.807) is 43.5 Å². The number of hydrogen-bond acceptors (Lipinski definition) is 6. The summed E-state index contributed by atoms with van der Waals surface area (Å²) in [5, 5.41) is 8.93. The second-order valence-electron chi connectivity index (χ2n) is 5.81. The number of carboxylic acids is 1. The Labute approximate surface area is 155 Å². The molecule has 27 heavy (non-hydrogen) atoms. The topological polar surface area (TPSA) is 91.3 Å². The molecular formula is C20H18O7. The molecule has 7 nitrogen and oxygen atoms in total. The van der Waals surface area contributed by atoms with Crippen LogP contribution in [0.1, 0.15) is 22.8 Å². The zero-order valence-corrected chi connectivity index (χ0v) is 15.0. The number of rotatable bonds is 6. The lowest BCUT2D eigenvalue weighted by Crippen LogP contribution is -2.22. The molecule has 0 aliphatic carbocycles. The first-order chi connectivity index (χ1) is 12.9. The molecule has 0 saturated carbocycles. The smallest absolute Gasteiger partial charge is 0.344 e. The van der Waals surface area contributed by atoms with Crippen LogP contribution in [0.3, 0.4) is 0 Å². The Morgan fingerprint density at radius 1 is 1.11 bits per heavy atom. The average Bonchev–Trinajstić information content (AvgIpc) is 2.96. The number of fused-ring (bicyclic) bond motifs is 1. The van der Waals surface area contributed by atoms with Gasteiger partial charge in [-0.3, -0.25) is 4.79 Å². The quantitative estimate of drug-likeness (QED) is 0.781. The number of methoxy groups -OCH3 is 2. The van der Waals surface area contributed by atoms with Crippen molar-refractivity contribution in [1.82, 2.24) is 0 Å². The predicted octanol–water partition coefficient (Wildman–Crippen LogP) is 3.17. The Morgan fingerprint density at radius 2 is 1.85 bits per heavy atom. The summed E-state index contributed by atoms with van der Waals surface area (Å²) in [5.74, 6) is 0.550. The lowest BCUT2D eigenvalue weighted by atomic mass is 10.1. The zero-order chi connectivity index (χ0) is 19.6. The third kappa shape index (κ3) is 3.72. The highest BCUT2D eigenvalue weighted by Crippen LogP contribution is 2.36. The van der Waals surface area contributed by atoms with E-state index >= 15 is 0 Å². The molecule has 1 aliphatic rings. The maximum Gasteiger partial charge on any atom is 0.344 e. The number of hydrogen-bond donors (Lipinski definition) is 1. The fraction of sp³-hybridized carbons (Fsp3) is 0.200. The normalized spacial score (nSPS) is 15.1. The molecular weight excluding hydrogens is 352 g/mol. The molecule has 0 amide bonds. The van der Waals surface area contributed by atoms with Gasteiger partial charge in [-0.15, -0.1) is 0 Å². The number of carbonyl (C=O) groups excluding carboxylic acids is 1. The van der Waals surface area contributed by atoms with Gasteiger partial charge in [0.2, 0.25) is 5.78 Å². The van der Waals surface area contributed by atoms with E-state index in [2.05, 4.69) is 0 Å². The van der Waals surface area contributed by atoms with E-state index in [0.29, 0.717) is 34.1 Å². The van der Waals surface area contributed by atoms with Crippen LogP contribution in [0, 0.1) is 0 Å². The minimum absolute atomic E-state index is 0.153. The summed E-state index contributed by atoms with van der Waals surface area (Å²) in [6.07, 6.45) is 0.590. The molecule has 0 bridgehead atoms. The highest BCUT2D eigenvalue weighted by atomic mass is 16.5. The maximum absolute atomic E-state index is 12.5. The van der Waals surface area contributed by atoms with Gasteiger partial charge in [-0.2, -0.15) is 0 Å². The van der Waals surface area contributed by atoms with Gasteiger partial charge in [0, 0.05) is 6.07 Å². The largest absolute Gasteiger partial charge is 0.493 e. The van der Waals surface area contributed by atoms with Crippen molar-refractivity contribution in [3.8, 4) is 23.0 Å². The third-order valence-corrected chi connectivity index (χ3v) is 4.01. The van der Waals surface area contributed by atoms with Crippen molar-refractivity contribution in [2.75, 3.05) is 14.2 Å². The van der Waals surface area contributed by atoms with E-state index in [9.17, 15) is 9.59 Å². The maximum atomic E-state index is 12.5. The summed E-state index contributed by atoms with van der Waals surface area (Å²) in [6, 6.07) is 9.83. The molecule has 2 aromatic rings. The highest BCUT2D eigenvalue weighted by molar-refractivity contribution is 6.14. The van der Waals surface area contributed by atoms with E-state index in [1.807, 2.05) is 0 Å². The van der Waals surface area contributed by atoms with Gasteiger partial charge in [-0.25, -0.2) is 4.79 Å². The van der Waals surface area contributed by atoms with Crippen LogP contribution in [-0.2, 0) is 4.79 Å². The van der Waals surface area contributed by atoms with Crippen molar-refractivity contribution in [3.63, 3.8) is 0 Å². The molecule has 3 rings (SSSR count). The van der Waals surface area contributed by atoms with Gasteiger partial charge in [0.25, 0.3) is 0 Å². The first-order valence-corrected chi connectivity index (χ1v) is 8.12. The number of Topliss-reactive ketones (excluding diaryl/α,β-unsaturated/α-hetero) is 1. The minimum atomic E-state index is -1.08. The molecule has 0 saturated heterocycles. The van der Waals surface area contributed by atoms with Gasteiger partial charge < -0.3 is 24.1 Å². The molecule has 0 aromatic heterocycles. The van der Waals surface area contributed by atoms with E-state index < -0.39 is 12.1 Å². The SMILES string of the molecule is COc1ccc(C=C2Oc3cc(O[C@H](C)C(=O)O)ccc3C2=O)cc1OC. The molecule has 1 aliphatic heterocycles. The Morgan fingerprint density at radius 3 is 2.52 bits per heavy atom. The Hall–Kier alpha value is -3.48. The Balaban J connectivity index is 1.86. The van der Waals surface area contributed by atoms with Gasteiger partial charge in [-0.05, 0) is 42.8 Å². The van der Waals surface area contributed by atoms with E-state index in [-0.39, 0.29) is 11.5 Å². The predicted molar refractivity (Wildman–Crippen MR) is 96.6 cm³/mol. The number of aliphatic carboxylic acids is 1. The molecule has 2 aromatic carbocycles. The summed E-state index contributed by atoms with van der Waals surface area (Å²) in [6.45, 7) is 1.42. The van der Waals surface area contributed by atoms with E-state index in [0.717, 1.165) is 0 Å². The molecule has 1 N–H and O–H groups in total. The van der Waals surface area contributed by atoms with Gasteiger partial charge in [-0.1, -0.05) is 6.07 Å². The van der Waals surface area contributed by atoms with Crippen molar-refractivity contribution in [1.29, 1.82) is 0 Å². The highest BCUT2D eigenvalue weighted by Gasteiger charge is 2.28. The molecule has 7 heteroatoms. The van der Waals surface area contributed by atoms with Crippen LogP contribution in [0.2, 0.25) is 0 Å². The Kier molecular flexibility index (Phi) is 5.03. The molecule has 0 spiro atoms. The summed E-state index contributed by atoms with van der Waals surface area (Å²) in [4.78, 5) is 23.4. The first-order valence-electron chi connectivity index (χ1n) is 8.12. The summed E-state index contributed by atoms with van der Waals surface area (Å²) in [7, 11) is 3.07. The summed E-state index contributed by atoms with van der Waals surface area (Å²) in [5.41, 5.74) is 1.09. The lowest BCUT2D eigenvalue weighted by molar-refractivity contribution is -0.144. The van der Waals surface area contributed by atoms with Crippen LogP contribution in [0.15, 0.2) is 42.2 Å². The Bertz CT molecular complexity index is 930. The van der Waals surface area contributed by atoms with Crippen LogP contribution in [0.5, 0.6) is 23.0 Å². The van der Waals surface area contributed by atoms with Crippen LogP contribution in [0.4, 0.5) is 0 Å². The minimum Gasteiger partial charge on any atom is -0.493 e. The fourth-order valence-corrected chi connectivity index (χ4v) is 2.59. The standard InChI is InChI=1S/C20H18O7/c1-11(20(22)23)26-13-5-6-14-16(10-13)27-18(19(14)21)9-12-4-7-15(24-2)17(8-12)25-3/h4-11H,1-3H3,(H,22,23)/t11-/m1/s1. The van der Waals surface area contributed by atoms with Gasteiger partial charge in [0.1, 0.15) is 11.5 Å². The number of ketones is 1. The monoisotopic (exact) mass is 370 g/mol. The van der Waals surface area contributed by atoms with Gasteiger partial charge in [0.05, 0.1) is 19.8 Å². The lowest BCUT2D eigenvalue weighted by Gasteiger charge is -2.10.